The molecule has 2 heterocycles. The van der Waals surface area contributed by atoms with Gasteiger partial charge < -0.3 is 19.5 Å². The van der Waals surface area contributed by atoms with Gasteiger partial charge in [0, 0.05) is 5.70 Å². The highest BCUT2D eigenvalue weighted by atomic mass is 32.2. The van der Waals surface area contributed by atoms with Crippen molar-refractivity contribution in [2.24, 2.45) is 0 Å². The number of ether oxygens (including phenoxy) is 3. The summed E-state index contributed by atoms with van der Waals surface area (Å²) in [6.45, 7) is 8.44. The van der Waals surface area contributed by atoms with Gasteiger partial charge in [-0.1, -0.05) is 49.0 Å². The van der Waals surface area contributed by atoms with Gasteiger partial charge in [0.25, 0.3) is 0 Å². The Morgan fingerprint density at radius 1 is 1.14 bits per heavy atom. The summed E-state index contributed by atoms with van der Waals surface area (Å²) in [4.78, 5) is 17.6. The van der Waals surface area contributed by atoms with Crippen LogP contribution >= 0.6 is 11.8 Å². The first-order valence-electron chi connectivity index (χ1n) is 11.6. The minimum Gasteiger partial charge on any atom is -0.493 e. The van der Waals surface area contributed by atoms with E-state index in [2.05, 4.69) is 28.4 Å². The van der Waals surface area contributed by atoms with E-state index in [9.17, 15) is 4.79 Å². The standard InChI is InChI=1S/C26H30N4O4S/c1-6-33-24(31)22-17(4)27-25-28-26(35-7-2)29-30(25)23(22)18-12-13-20(21(14-18)32-5)34-15-19-11-9-8-10-16(19)3/h8-14,23H,6-7,15H2,1-5H3,(H,27,28,29). The normalized spacial score (nSPS) is 14.8. The second kappa shape index (κ2) is 10.9. The Hall–Kier alpha value is -3.46. The summed E-state index contributed by atoms with van der Waals surface area (Å²) in [5.74, 6) is 2.21. The molecule has 1 aliphatic rings. The van der Waals surface area contributed by atoms with E-state index in [1.165, 1.54) is 0 Å². The number of carbonyl (C=O) groups is 1. The van der Waals surface area contributed by atoms with Gasteiger partial charge in [-0.2, -0.15) is 4.98 Å². The Bertz CT molecular complexity index is 1250. The lowest BCUT2D eigenvalue weighted by molar-refractivity contribution is -0.139. The molecule has 3 aromatic rings. The number of anilines is 1. The number of methoxy groups -OCH3 is 1. The number of aromatic nitrogens is 3. The van der Waals surface area contributed by atoms with E-state index in [4.69, 9.17) is 14.2 Å². The molecule has 1 atom stereocenters. The van der Waals surface area contributed by atoms with Gasteiger partial charge in [-0.25, -0.2) is 9.48 Å². The van der Waals surface area contributed by atoms with Crippen LogP contribution in [-0.4, -0.2) is 40.2 Å². The van der Waals surface area contributed by atoms with Crippen molar-refractivity contribution >= 4 is 23.7 Å². The topological polar surface area (TPSA) is 87.5 Å². The first kappa shape index (κ1) is 24.7. The zero-order chi connectivity index (χ0) is 24.9. The van der Waals surface area contributed by atoms with Gasteiger partial charge in [0.05, 0.1) is 19.3 Å². The largest absolute Gasteiger partial charge is 0.493 e. The molecule has 0 amide bonds. The number of hydrogen-bond acceptors (Lipinski definition) is 8. The molecule has 0 fully saturated rings. The number of rotatable bonds is 9. The van der Waals surface area contributed by atoms with Crippen molar-refractivity contribution in [1.29, 1.82) is 0 Å². The summed E-state index contributed by atoms with van der Waals surface area (Å²) in [6.07, 6.45) is 0. The number of nitrogens with zero attached hydrogens (tertiary/aromatic N) is 3. The third-order valence-corrected chi connectivity index (χ3v) is 6.47. The van der Waals surface area contributed by atoms with Gasteiger partial charge in [-0.15, -0.1) is 5.10 Å². The summed E-state index contributed by atoms with van der Waals surface area (Å²) < 4.78 is 18.9. The summed E-state index contributed by atoms with van der Waals surface area (Å²) in [5.41, 5.74) is 4.24. The molecule has 1 unspecified atom stereocenters. The third kappa shape index (κ3) is 5.14. The van der Waals surface area contributed by atoms with Crippen LogP contribution in [0.15, 0.2) is 58.9 Å². The molecule has 0 saturated carbocycles. The van der Waals surface area contributed by atoms with Gasteiger partial charge in [0.2, 0.25) is 11.1 Å². The number of carbonyl (C=O) groups excluding carboxylic acids is 1. The van der Waals surface area contributed by atoms with Crippen LogP contribution in [0.4, 0.5) is 5.95 Å². The molecule has 2 aromatic carbocycles. The molecule has 184 valence electrons. The average molecular weight is 495 g/mol. The zero-order valence-electron chi connectivity index (χ0n) is 20.6. The van der Waals surface area contributed by atoms with Crippen molar-refractivity contribution in [3.63, 3.8) is 0 Å². The molecule has 9 heteroatoms. The molecule has 0 radical (unpaired) electrons. The fraction of sp³-hybridized carbons (Fsp3) is 0.346. The second-order valence-electron chi connectivity index (χ2n) is 8.01. The van der Waals surface area contributed by atoms with Crippen LogP contribution in [0.2, 0.25) is 0 Å². The molecule has 0 aliphatic carbocycles. The fourth-order valence-corrected chi connectivity index (χ4v) is 4.56. The van der Waals surface area contributed by atoms with Crippen LogP contribution in [0.3, 0.4) is 0 Å². The van der Waals surface area contributed by atoms with E-state index in [0.717, 1.165) is 22.4 Å². The van der Waals surface area contributed by atoms with Crippen molar-refractivity contribution in [2.75, 3.05) is 24.8 Å². The summed E-state index contributed by atoms with van der Waals surface area (Å²) >= 11 is 1.54. The van der Waals surface area contributed by atoms with Crippen LogP contribution in [0, 0.1) is 6.92 Å². The Morgan fingerprint density at radius 3 is 2.66 bits per heavy atom. The second-order valence-corrected chi connectivity index (χ2v) is 9.24. The average Bonchev–Trinajstić information content (AvgIpc) is 3.24. The van der Waals surface area contributed by atoms with Crippen molar-refractivity contribution in [3.8, 4) is 11.5 Å². The molecule has 35 heavy (non-hydrogen) atoms. The Kier molecular flexibility index (Phi) is 7.65. The third-order valence-electron chi connectivity index (χ3n) is 5.75. The molecule has 8 nitrogen and oxygen atoms in total. The highest BCUT2D eigenvalue weighted by molar-refractivity contribution is 7.99. The minimum absolute atomic E-state index is 0.276. The molecule has 1 aromatic heterocycles. The lowest BCUT2D eigenvalue weighted by atomic mass is 9.95. The SMILES string of the molecule is CCOC(=O)C1=C(C)Nc2nc(SCC)nn2C1c1ccc(OCc2ccccc2C)c(OC)c1. The van der Waals surface area contributed by atoms with Crippen molar-refractivity contribution in [3.05, 3.63) is 70.4 Å². The lowest BCUT2D eigenvalue weighted by Crippen LogP contribution is -2.29. The van der Waals surface area contributed by atoms with E-state index >= 15 is 0 Å². The Morgan fingerprint density at radius 2 is 1.94 bits per heavy atom. The van der Waals surface area contributed by atoms with E-state index in [-0.39, 0.29) is 6.61 Å². The van der Waals surface area contributed by atoms with E-state index in [0.29, 0.717) is 40.5 Å². The number of thioether (sulfide) groups is 1. The molecule has 0 spiro atoms. The maximum atomic E-state index is 13.0. The van der Waals surface area contributed by atoms with E-state index < -0.39 is 12.0 Å². The fourth-order valence-electron chi connectivity index (χ4n) is 4.00. The monoisotopic (exact) mass is 494 g/mol. The Labute approximate surface area is 209 Å². The molecule has 0 bridgehead atoms. The summed E-state index contributed by atoms with van der Waals surface area (Å²) in [5, 5.41) is 8.53. The maximum Gasteiger partial charge on any atom is 0.338 e. The molecule has 1 N–H and O–H groups in total. The van der Waals surface area contributed by atoms with E-state index in [1.54, 1.807) is 30.5 Å². The molecular formula is C26H30N4O4S. The number of allylic oxidation sites excluding steroid dienone is 1. The van der Waals surface area contributed by atoms with Gasteiger partial charge in [-0.3, -0.25) is 0 Å². The number of hydrogen-bond donors (Lipinski definition) is 1. The van der Waals surface area contributed by atoms with Crippen LogP contribution in [-0.2, 0) is 16.1 Å². The predicted octanol–water partition coefficient (Wildman–Crippen LogP) is 5.14. The number of esters is 1. The zero-order valence-corrected chi connectivity index (χ0v) is 21.4. The number of aryl methyl sites for hydroxylation is 1. The molecular weight excluding hydrogens is 464 g/mol. The number of fused-ring (bicyclic) bond motifs is 1. The van der Waals surface area contributed by atoms with Crippen molar-refractivity contribution < 1.29 is 19.0 Å². The molecule has 1 aliphatic heterocycles. The first-order valence-corrected chi connectivity index (χ1v) is 12.5. The van der Waals surface area contributed by atoms with Crippen molar-refractivity contribution in [1.82, 2.24) is 14.8 Å². The van der Waals surface area contributed by atoms with Crippen LogP contribution in [0.5, 0.6) is 11.5 Å². The van der Waals surface area contributed by atoms with Crippen molar-refractivity contribution in [2.45, 2.75) is 45.5 Å². The van der Waals surface area contributed by atoms with Crippen LogP contribution in [0.25, 0.3) is 0 Å². The van der Waals surface area contributed by atoms with Crippen LogP contribution < -0.4 is 14.8 Å². The van der Waals surface area contributed by atoms with Gasteiger partial charge in [0.15, 0.2) is 11.5 Å². The minimum atomic E-state index is -0.525. The summed E-state index contributed by atoms with van der Waals surface area (Å²) in [6, 6.07) is 13.3. The van der Waals surface area contributed by atoms with E-state index in [1.807, 2.05) is 50.2 Å². The maximum absolute atomic E-state index is 13.0. The number of benzene rings is 2. The van der Waals surface area contributed by atoms with Gasteiger partial charge in [-0.05, 0) is 55.3 Å². The smallest absolute Gasteiger partial charge is 0.338 e. The van der Waals surface area contributed by atoms with Gasteiger partial charge in [0.1, 0.15) is 12.6 Å². The first-order chi connectivity index (χ1) is 17.0. The van der Waals surface area contributed by atoms with Gasteiger partial charge >= 0.3 is 5.97 Å². The molecule has 0 saturated heterocycles. The predicted molar refractivity (Wildman–Crippen MR) is 136 cm³/mol. The Balaban J connectivity index is 1.72. The quantitative estimate of drug-likeness (QED) is 0.323. The number of nitrogens with one attached hydrogen (secondary N) is 1. The highest BCUT2D eigenvalue weighted by Gasteiger charge is 2.35. The van der Waals surface area contributed by atoms with Crippen LogP contribution in [0.1, 0.15) is 43.5 Å². The highest BCUT2D eigenvalue weighted by Crippen LogP contribution is 2.40. The molecule has 4 rings (SSSR count). The lowest BCUT2D eigenvalue weighted by Gasteiger charge is -2.28. The summed E-state index contributed by atoms with van der Waals surface area (Å²) in [7, 11) is 1.60.